The lowest BCUT2D eigenvalue weighted by molar-refractivity contribution is -0.0334. The van der Waals surface area contributed by atoms with Crippen molar-refractivity contribution in [2.75, 3.05) is 39.8 Å². The van der Waals surface area contributed by atoms with Crippen LogP contribution in [-0.4, -0.2) is 66.6 Å². The van der Waals surface area contributed by atoms with Gasteiger partial charge < -0.3 is 14.5 Å². The van der Waals surface area contributed by atoms with Gasteiger partial charge in [0.2, 0.25) is 0 Å². The predicted octanol–water partition coefficient (Wildman–Crippen LogP) is 1.57. The summed E-state index contributed by atoms with van der Waals surface area (Å²) in [5.74, 6) is 0.952. The number of rotatable bonds is 5. The number of ether oxygens (including phenoxy) is 1. The lowest BCUT2D eigenvalue weighted by Gasteiger charge is -2.35. The predicted molar refractivity (Wildman–Crippen MR) is 84.8 cm³/mol. The first kappa shape index (κ1) is 15.4. The van der Waals surface area contributed by atoms with Crippen LogP contribution in [0.1, 0.15) is 28.9 Å². The van der Waals surface area contributed by atoms with Crippen molar-refractivity contribution in [2.24, 2.45) is 5.92 Å². The first-order chi connectivity index (χ1) is 10.6. The highest BCUT2D eigenvalue weighted by atomic mass is 16.5. The Morgan fingerprint density at radius 3 is 3.00 bits per heavy atom. The van der Waals surface area contributed by atoms with Crippen molar-refractivity contribution in [1.82, 2.24) is 14.8 Å². The van der Waals surface area contributed by atoms with E-state index in [0.717, 1.165) is 24.7 Å². The number of carbonyl (C=O) groups is 1. The van der Waals surface area contributed by atoms with Crippen molar-refractivity contribution < 1.29 is 9.53 Å². The monoisotopic (exact) mass is 303 g/mol. The fourth-order valence-corrected chi connectivity index (χ4v) is 3.06. The minimum atomic E-state index is 0.0729. The Morgan fingerprint density at radius 1 is 1.45 bits per heavy atom. The highest BCUT2D eigenvalue weighted by Gasteiger charge is 2.28. The van der Waals surface area contributed by atoms with E-state index in [9.17, 15) is 4.79 Å². The summed E-state index contributed by atoms with van der Waals surface area (Å²) in [7, 11) is 2.15. The number of nitrogens with zero attached hydrogens (tertiary/aromatic N) is 3. The van der Waals surface area contributed by atoms with Crippen LogP contribution in [0.15, 0.2) is 18.3 Å². The number of hydrogen-bond donors (Lipinski definition) is 0. The summed E-state index contributed by atoms with van der Waals surface area (Å²) in [6.07, 6.45) is 4.56. The number of hydrogen-bond acceptors (Lipinski definition) is 4. The van der Waals surface area contributed by atoms with Gasteiger partial charge >= 0.3 is 0 Å². The fraction of sp³-hybridized carbons (Fsp3) is 0.647. The molecule has 1 saturated heterocycles. The molecule has 0 spiro atoms. The standard InChI is InChI=1S/C17H25N3O2/c1-13-16(4-3-7-18-13)17(21)20-8-9-22-15(12-20)11-19(2)10-14-5-6-14/h3-4,7,14-15H,5-6,8-12H2,1-2H3/t15-/m0/s1. The van der Waals surface area contributed by atoms with Crippen LogP contribution in [0, 0.1) is 12.8 Å². The zero-order chi connectivity index (χ0) is 15.5. The summed E-state index contributed by atoms with van der Waals surface area (Å²) < 4.78 is 5.85. The Morgan fingerprint density at radius 2 is 2.27 bits per heavy atom. The molecule has 1 aromatic rings. The topological polar surface area (TPSA) is 45.7 Å². The molecule has 5 nitrogen and oxygen atoms in total. The van der Waals surface area contributed by atoms with Gasteiger partial charge in [-0.05, 0) is 44.9 Å². The largest absolute Gasteiger partial charge is 0.373 e. The van der Waals surface area contributed by atoms with Crippen molar-refractivity contribution in [3.63, 3.8) is 0 Å². The van der Waals surface area contributed by atoms with E-state index in [4.69, 9.17) is 4.74 Å². The highest BCUT2D eigenvalue weighted by Crippen LogP contribution is 2.29. The number of likely N-dealkylation sites (N-methyl/N-ethyl adjacent to an activating group) is 1. The Balaban J connectivity index is 1.57. The smallest absolute Gasteiger partial charge is 0.255 e. The molecule has 2 aliphatic rings. The number of amides is 1. The van der Waals surface area contributed by atoms with Crippen molar-refractivity contribution in [2.45, 2.75) is 25.9 Å². The van der Waals surface area contributed by atoms with Gasteiger partial charge in [0.15, 0.2) is 0 Å². The van der Waals surface area contributed by atoms with E-state index < -0.39 is 0 Å². The van der Waals surface area contributed by atoms with Gasteiger partial charge in [-0.25, -0.2) is 0 Å². The van der Waals surface area contributed by atoms with E-state index in [-0.39, 0.29) is 12.0 Å². The lowest BCUT2D eigenvalue weighted by atomic mass is 10.1. The number of pyridine rings is 1. The lowest BCUT2D eigenvalue weighted by Crippen LogP contribution is -2.49. The Kier molecular flexibility index (Phi) is 4.74. The molecule has 0 radical (unpaired) electrons. The first-order valence-electron chi connectivity index (χ1n) is 8.14. The van der Waals surface area contributed by atoms with Crippen LogP contribution in [0.3, 0.4) is 0 Å². The average molecular weight is 303 g/mol. The van der Waals surface area contributed by atoms with E-state index in [1.54, 1.807) is 6.20 Å². The molecule has 1 atom stereocenters. The van der Waals surface area contributed by atoms with Crippen LogP contribution in [0.5, 0.6) is 0 Å². The minimum absolute atomic E-state index is 0.0729. The second-order valence-electron chi connectivity index (χ2n) is 6.54. The van der Waals surface area contributed by atoms with Gasteiger partial charge in [-0.1, -0.05) is 0 Å². The molecule has 1 aliphatic heterocycles. The van der Waals surface area contributed by atoms with Gasteiger partial charge in [-0.15, -0.1) is 0 Å². The third-order valence-electron chi connectivity index (χ3n) is 4.45. The zero-order valence-electron chi connectivity index (χ0n) is 13.5. The summed E-state index contributed by atoms with van der Waals surface area (Å²) in [6, 6.07) is 3.68. The molecule has 0 aromatic carbocycles. The van der Waals surface area contributed by atoms with E-state index in [0.29, 0.717) is 25.3 Å². The molecule has 0 N–H and O–H groups in total. The second-order valence-corrected chi connectivity index (χ2v) is 6.54. The molecule has 2 fully saturated rings. The molecule has 22 heavy (non-hydrogen) atoms. The molecule has 0 bridgehead atoms. The molecule has 1 amide bonds. The number of morpholine rings is 1. The van der Waals surface area contributed by atoms with Gasteiger partial charge in [0.1, 0.15) is 0 Å². The molecule has 120 valence electrons. The Bertz CT molecular complexity index is 530. The van der Waals surface area contributed by atoms with Crippen molar-refractivity contribution >= 4 is 5.91 Å². The number of aromatic nitrogens is 1. The third-order valence-corrected chi connectivity index (χ3v) is 4.45. The van der Waals surface area contributed by atoms with Crippen LogP contribution in [-0.2, 0) is 4.74 Å². The van der Waals surface area contributed by atoms with E-state index in [1.807, 2.05) is 24.0 Å². The summed E-state index contributed by atoms with van der Waals surface area (Å²) in [6.45, 7) is 5.88. The maximum atomic E-state index is 12.7. The van der Waals surface area contributed by atoms with Crippen LogP contribution < -0.4 is 0 Å². The quantitative estimate of drug-likeness (QED) is 0.828. The van der Waals surface area contributed by atoms with Gasteiger partial charge in [-0.2, -0.15) is 0 Å². The molecule has 5 heteroatoms. The minimum Gasteiger partial charge on any atom is -0.373 e. The summed E-state index contributed by atoms with van der Waals surface area (Å²) in [5, 5.41) is 0. The molecule has 1 saturated carbocycles. The van der Waals surface area contributed by atoms with E-state index in [1.165, 1.54) is 12.8 Å². The summed E-state index contributed by atoms with van der Waals surface area (Å²) in [5.41, 5.74) is 1.50. The molecule has 1 aromatic heterocycles. The fourth-order valence-electron chi connectivity index (χ4n) is 3.06. The number of carbonyl (C=O) groups excluding carboxylic acids is 1. The maximum Gasteiger partial charge on any atom is 0.255 e. The SMILES string of the molecule is Cc1ncccc1C(=O)N1CCO[C@@H](CN(C)CC2CC2)C1. The van der Waals surface area contributed by atoms with Crippen LogP contribution >= 0.6 is 0 Å². The van der Waals surface area contributed by atoms with E-state index >= 15 is 0 Å². The van der Waals surface area contributed by atoms with Crippen molar-refractivity contribution in [3.05, 3.63) is 29.6 Å². The molecule has 0 unspecified atom stereocenters. The summed E-state index contributed by atoms with van der Waals surface area (Å²) in [4.78, 5) is 21.1. The van der Waals surface area contributed by atoms with Crippen LogP contribution in [0.25, 0.3) is 0 Å². The summed E-state index contributed by atoms with van der Waals surface area (Å²) >= 11 is 0. The second kappa shape index (κ2) is 6.75. The molecule has 2 heterocycles. The van der Waals surface area contributed by atoms with Gasteiger partial charge in [-0.3, -0.25) is 9.78 Å². The normalized spacial score (nSPS) is 22.1. The zero-order valence-corrected chi connectivity index (χ0v) is 13.5. The molecular weight excluding hydrogens is 278 g/mol. The Hall–Kier alpha value is -1.46. The van der Waals surface area contributed by atoms with E-state index in [2.05, 4.69) is 16.9 Å². The highest BCUT2D eigenvalue weighted by molar-refractivity contribution is 5.95. The third kappa shape index (κ3) is 3.84. The maximum absolute atomic E-state index is 12.7. The molecule has 3 rings (SSSR count). The Labute approximate surface area is 132 Å². The van der Waals surface area contributed by atoms with Crippen LogP contribution in [0.2, 0.25) is 0 Å². The van der Waals surface area contributed by atoms with Gasteiger partial charge in [0.05, 0.1) is 18.3 Å². The average Bonchev–Trinajstić information content (AvgIpc) is 3.31. The molecule has 1 aliphatic carbocycles. The van der Waals surface area contributed by atoms with Crippen LogP contribution in [0.4, 0.5) is 0 Å². The van der Waals surface area contributed by atoms with Gasteiger partial charge in [0.25, 0.3) is 5.91 Å². The molecular formula is C17H25N3O2. The van der Waals surface area contributed by atoms with Crippen molar-refractivity contribution in [1.29, 1.82) is 0 Å². The first-order valence-corrected chi connectivity index (χ1v) is 8.14. The number of aryl methyl sites for hydroxylation is 1. The van der Waals surface area contributed by atoms with Crippen molar-refractivity contribution in [3.8, 4) is 0 Å². The van der Waals surface area contributed by atoms with Gasteiger partial charge in [0, 0.05) is 38.1 Å².